The Morgan fingerprint density at radius 2 is 2.21 bits per heavy atom. The summed E-state index contributed by atoms with van der Waals surface area (Å²) in [6.45, 7) is 4.70. The van der Waals surface area contributed by atoms with Gasteiger partial charge in [-0.1, -0.05) is 16.8 Å². The molecule has 0 fully saturated rings. The van der Waals surface area contributed by atoms with E-state index in [4.69, 9.17) is 22.5 Å². The van der Waals surface area contributed by atoms with E-state index < -0.39 is 0 Å². The molecule has 0 aliphatic carbocycles. The standard InChI is InChI=1S/C13H18ClN3O2/c1-3-17(7-6-12(15)16-19)13(18)10-4-5-11(14)9(2)8-10/h4-5,8,19H,3,6-7H2,1-2H3,(H2,15,16). The summed E-state index contributed by atoms with van der Waals surface area (Å²) in [6, 6.07) is 5.17. The summed E-state index contributed by atoms with van der Waals surface area (Å²) >= 11 is 5.94. The lowest BCUT2D eigenvalue weighted by molar-refractivity contribution is 0.0768. The van der Waals surface area contributed by atoms with E-state index >= 15 is 0 Å². The number of rotatable bonds is 5. The number of oxime groups is 1. The van der Waals surface area contributed by atoms with Crippen LogP contribution in [0.25, 0.3) is 0 Å². The number of nitrogens with zero attached hydrogens (tertiary/aromatic N) is 2. The van der Waals surface area contributed by atoms with Crippen LogP contribution in [0.15, 0.2) is 23.4 Å². The minimum atomic E-state index is -0.0898. The SMILES string of the molecule is CCN(CC/C(N)=N/O)C(=O)c1ccc(Cl)c(C)c1. The van der Waals surface area contributed by atoms with Crippen LogP contribution in [0, 0.1) is 6.92 Å². The molecule has 5 nitrogen and oxygen atoms in total. The number of amides is 1. The largest absolute Gasteiger partial charge is 0.409 e. The zero-order valence-electron chi connectivity index (χ0n) is 11.1. The van der Waals surface area contributed by atoms with E-state index in [-0.39, 0.29) is 11.7 Å². The summed E-state index contributed by atoms with van der Waals surface area (Å²) in [5.74, 6) is 0.0199. The average Bonchev–Trinajstić information content (AvgIpc) is 2.41. The van der Waals surface area contributed by atoms with E-state index in [0.717, 1.165) is 5.56 Å². The smallest absolute Gasteiger partial charge is 0.253 e. The van der Waals surface area contributed by atoms with Crippen LogP contribution in [0.1, 0.15) is 29.3 Å². The molecular weight excluding hydrogens is 266 g/mol. The van der Waals surface area contributed by atoms with Gasteiger partial charge in [0, 0.05) is 30.1 Å². The van der Waals surface area contributed by atoms with Gasteiger partial charge in [-0.25, -0.2) is 0 Å². The van der Waals surface area contributed by atoms with Gasteiger partial charge in [0.1, 0.15) is 5.84 Å². The molecule has 0 aliphatic heterocycles. The maximum atomic E-state index is 12.3. The Hall–Kier alpha value is -1.75. The van der Waals surface area contributed by atoms with Crippen LogP contribution in [-0.4, -0.2) is 34.9 Å². The van der Waals surface area contributed by atoms with Gasteiger partial charge in [-0.3, -0.25) is 4.79 Å². The van der Waals surface area contributed by atoms with Gasteiger partial charge in [-0.05, 0) is 37.6 Å². The van der Waals surface area contributed by atoms with Crippen molar-refractivity contribution in [2.75, 3.05) is 13.1 Å². The molecule has 0 spiro atoms. The molecule has 0 saturated heterocycles. The highest BCUT2D eigenvalue weighted by molar-refractivity contribution is 6.31. The van der Waals surface area contributed by atoms with Crippen molar-refractivity contribution in [1.82, 2.24) is 4.90 Å². The molecule has 0 radical (unpaired) electrons. The van der Waals surface area contributed by atoms with Crippen LogP contribution in [0.2, 0.25) is 5.02 Å². The molecule has 0 unspecified atom stereocenters. The van der Waals surface area contributed by atoms with Crippen molar-refractivity contribution in [3.8, 4) is 0 Å². The van der Waals surface area contributed by atoms with Gasteiger partial charge in [0.25, 0.3) is 5.91 Å². The minimum Gasteiger partial charge on any atom is -0.409 e. The number of benzene rings is 1. The fourth-order valence-corrected chi connectivity index (χ4v) is 1.78. The topological polar surface area (TPSA) is 78.9 Å². The Morgan fingerprint density at radius 1 is 1.53 bits per heavy atom. The third-order valence-corrected chi connectivity index (χ3v) is 3.26. The predicted octanol–water partition coefficient (Wildman–Crippen LogP) is 2.25. The minimum absolute atomic E-state index is 0.0898. The van der Waals surface area contributed by atoms with Gasteiger partial charge < -0.3 is 15.8 Å². The molecule has 1 rings (SSSR count). The first kappa shape index (κ1) is 15.3. The predicted molar refractivity (Wildman–Crippen MR) is 75.8 cm³/mol. The fraction of sp³-hybridized carbons (Fsp3) is 0.385. The van der Waals surface area contributed by atoms with E-state index in [1.165, 1.54) is 0 Å². The Morgan fingerprint density at radius 3 is 2.74 bits per heavy atom. The first-order valence-electron chi connectivity index (χ1n) is 6.01. The third-order valence-electron chi connectivity index (χ3n) is 2.84. The molecule has 1 aromatic carbocycles. The fourth-order valence-electron chi connectivity index (χ4n) is 1.66. The zero-order chi connectivity index (χ0) is 14.4. The number of hydrogen-bond acceptors (Lipinski definition) is 3. The molecule has 0 aliphatic rings. The molecule has 1 aromatic rings. The lowest BCUT2D eigenvalue weighted by Crippen LogP contribution is -2.34. The van der Waals surface area contributed by atoms with Gasteiger partial charge in [0.05, 0.1) is 0 Å². The second kappa shape index (κ2) is 6.99. The highest BCUT2D eigenvalue weighted by Crippen LogP contribution is 2.17. The maximum Gasteiger partial charge on any atom is 0.253 e. The van der Waals surface area contributed by atoms with E-state index in [1.54, 1.807) is 23.1 Å². The number of nitrogens with two attached hydrogens (primary N) is 1. The first-order chi connectivity index (χ1) is 8.99. The number of aryl methyl sites for hydroxylation is 1. The molecule has 19 heavy (non-hydrogen) atoms. The lowest BCUT2D eigenvalue weighted by Gasteiger charge is -2.20. The van der Waals surface area contributed by atoms with Crippen molar-refractivity contribution in [2.45, 2.75) is 20.3 Å². The molecule has 3 N–H and O–H groups in total. The molecule has 1 amide bonds. The molecule has 0 heterocycles. The van der Waals surface area contributed by atoms with Crippen LogP contribution >= 0.6 is 11.6 Å². The number of carbonyl (C=O) groups is 1. The number of carbonyl (C=O) groups excluding carboxylic acids is 1. The summed E-state index contributed by atoms with van der Waals surface area (Å²) < 4.78 is 0. The van der Waals surface area contributed by atoms with E-state index in [2.05, 4.69) is 5.16 Å². The molecule has 0 aromatic heterocycles. The molecule has 6 heteroatoms. The van der Waals surface area contributed by atoms with Gasteiger partial charge in [0.15, 0.2) is 0 Å². The maximum absolute atomic E-state index is 12.3. The second-order valence-corrected chi connectivity index (χ2v) is 4.60. The molecule has 0 saturated carbocycles. The van der Waals surface area contributed by atoms with Crippen LogP contribution in [0.5, 0.6) is 0 Å². The van der Waals surface area contributed by atoms with Crippen LogP contribution in [0.3, 0.4) is 0 Å². The highest BCUT2D eigenvalue weighted by Gasteiger charge is 2.15. The monoisotopic (exact) mass is 283 g/mol. The number of amidine groups is 1. The van der Waals surface area contributed by atoms with Crippen molar-refractivity contribution < 1.29 is 10.0 Å². The van der Waals surface area contributed by atoms with Crippen LogP contribution < -0.4 is 5.73 Å². The highest BCUT2D eigenvalue weighted by atomic mass is 35.5. The summed E-state index contributed by atoms with van der Waals surface area (Å²) in [6.07, 6.45) is 0.336. The molecule has 0 atom stereocenters. The van der Waals surface area contributed by atoms with Crippen molar-refractivity contribution in [1.29, 1.82) is 0 Å². The first-order valence-corrected chi connectivity index (χ1v) is 6.39. The summed E-state index contributed by atoms with van der Waals surface area (Å²) in [5, 5.41) is 12.0. The van der Waals surface area contributed by atoms with Gasteiger partial charge in [0.2, 0.25) is 0 Å². The Labute approximate surface area is 117 Å². The van der Waals surface area contributed by atoms with Crippen molar-refractivity contribution >= 4 is 23.3 Å². The molecule has 0 bridgehead atoms. The Bertz CT molecular complexity index is 489. The normalized spacial score (nSPS) is 11.4. The Balaban J connectivity index is 2.80. The quantitative estimate of drug-likeness (QED) is 0.376. The zero-order valence-corrected chi connectivity index (χ0v) is 11.8. The second-order valence-electron chi connectivity index (χ2n) is 4.19. The van der Waals surface area contributed by atoms with E-state index in [1.807, 2.05) is 13.8 Å². The lowest BCUT2D eigenvalue weighted by atomic mass is 10.1. The van der Waals surface area contributed by atoms with E-state index in [9.17, 15) is 4.79 Å². The third kappa shape index (κ3) is 4.13. The average molecular weight is 284 g/mol. The number of hydrogen-bond donors (Lipinski definition) is 2. The Kier molecular flexibility index (Phi) is 5.63. The van der Waals surface area contributed by atoms with Crippen molar-refractivity contribution in [2.24, 2.45) is 10.9 Å². The molecular formula is C13H18ClN3O2. The van der Waals surface area contributed by atoms with Gasteiger partial charge in [-0.15, -0.1) is 0 Å². The van der Waals surface area contributed by atoms with Crippen LogP contribution in [-0.2, 0) is 0 Å². The van der Waals surface area contributed by atoms with Crippen molar-refractivity contribution in [3.63, 3.8) is 0 Å². The van der Waals surface area contributed by atoms with Crippen molar-refractivity contribution in [3.05, 3.63) is 34.3 Å². The van der Waals surface area contributed by atoms with Crippen LogP contribution in [0.4, 0.5) is 0 Å². The summed E-state index contributed by atoms with van der Waals surface area (Å²) in [4.78, 5) is 13.9. The number of halogens is 1. The van der Waals surface area contributed by atoms with E-state index in [0.29, 0.717) is 30.1 Å². The summed E-state index contributed by atoms with van der Waals surface area (Å²) in [7, 11) is 0. The summed E-state index contributed by atoms with van der Waals surface area (Å²) in [5.41, 5.74) is 6.85. The molecule has 104 valence electrons. The van der Waals surface area contributed by atoms with Gasteiger partial charge >= 0.3 is 0 Å². The van der Waals surface area contributed by atoms with Gasteiger partial charge in [-0.2, -0.15) is 0 Å².